The van der Waals surface area contributed by atoms with E-state index >= 15 is 0 Å². The Kier molecular flexibility index (Phi) is 7.25. The van der Waals surface area contributed by atoms with E-state index in [0.29, 0.717) is 6.54 Å². The predicted molar refractivity (Wildman–Crippen MR) is 78.7 cm³/mol. The van der Waals surface area contributed by atoms with Gasteiger partial charge in [0.15, 0.2) is 0 Å². The van der Waals surface area contributed by atoms with Crippen molar-refractivity contribution in [2.24, 2.45) is 0 Å². The lowest BCUT2D eigenvalue weighted by Gasteiger charge is -2.15. The number of carbonyl (C=O) groups is 2. The molecule has 0 aliphatic heterocycles. The molecule has 1 atom stereocenters. The Morgan fingerprint density at radius 2 is 1.86 bits per heavy atom. The lowest BCUT2D eigenvalue weighted by Crippen LogP contribution is -2.40. The Bertz CT molecular complexity index is 448. The topological polar surface area (TPSA) is 67.9 Å². The average Bonchev–Trinajstić information content (AvgIpc) is 2.45. The van der Waals surface area contributed by atoms with Crippen LogP contribution >= 0.6 is 0 Å². The Labute approximate surface area is 125 Å². The smallest absolute Gasteiger partial charge is 0.408 e. The van der Waals surface area contributed by atoms with Gasteiger partial charge in [-0.2, -0.15) is 0 Å². The van der Waals surface area contributed by atoms with Crippen LogP contribution in [-0.2, 0) is 20.9 Å². The quantitative estimate of drug-likeness (QED) is 0.770. The summed E-state index contributed by atoms with van der Waals surface area (Å²) in [7, 11) is 3.77. The molecule has 1 aromatic carbocycles. The van der Waals surface area contributed by atoms with Crippen molar-refractivity contribution in [1.29, 1.82) is 0 Å². The number of amides is 1. The number of carbonyl (C=O) groups excluding carboxylic acids is 2. The zero-order valence-electron chi connectivity index (χ0n) is 12.7. The van der Waals surface area contributed by atoms with Gasteiger partial charge in [0.05, 0.1) is 0 Å². The van der Waals surface area contributed by atoms with Gasteiger partial charge >= 0.3 is 12.1 Å². The zero-order chi connectivity index (χ0) is 15.7. The molecule has 1 unspecified atom stereocenters. The van der Waals surface area contributed by atoms with Crippen LogP contribution in [0.15, 0.2) is 30.3 Å². The van der Waals surface area contributed by atoms with Gasteiger partial charge in [-0.15, -0.1) is 0 Å². The first kappa shape index (κ1) is 17.0. The van der Waals surface area contributed by atoms with Crippen LogP contribution in [0.3, 0.4) is 0 Å². The van der Waals surface area contributed by atoms with Crippen molar-refractivity contribution in [2.45, 2.75) is 19.6 Å². The molecular formula is C15H22N2O4. The fraction of sp³-hybridized carbons (Fsp3) is 0.467. The number of nitrogens with one attached hydrogen (secondary N) is 1. The van der Waals surface area contributed by atoms with Crippen molar-refractivity contribution in [1.82, 2.24) is 10.2 Å². The molecule has 1 N–H and O–H groups in total. The monoisotopic (exact) mass is 294 g/mol. The molecule has 0 aliphatic carbocycles. The molecule has 6 heteroatoms. The third-order valence-corrected chi connectivity index (χ3v) is 2.68. The first-order valence-corrected chi connectivity index (χ1v) is 6.77. The molecule has 1 rings (SSSR count). The molecule has 1 amide bonds. The molecule has 0 fully saturated rings. The van der Waals surface area contributed by atoms with Crippen LogP contribution in [0, 0.1) is 0 Å². The van der Waals surface area contributed by atoms with E-state index in [0.717, 1.165) is 5.56 Å². The number of likely N-dealkylation sites (N-methyl/N-ethyl adjacent to an activating group) is 1. The summed E-state index contributed by atoms with van der Waals surface area (Å²) in [5.74, 6) is -0.478. The summed E-state index contributed by atoms with van der Waals surface area (Å²) in [6, 6.07) is 8.58. The normalized spacial score (nSPS) is 11.8. The molecule has 0 saturated carbocycles. The molecule has 116 valence electrons. The van der Waals surface area contributed by atoms with Crippen LogP contribution in [-0.4, -0.2) is 50.3 Å². The summed E-state index contributed by atoms with van der Waals surface area (Å²) in [5.41, 5.74) is 0.883. The maximum Gasteiger partial charge on any atom is 0.408 e. The van der Waals surface area contributed by atoms with Crippen LogP contribution in [0.1, 0.15) is 12.5 Å². The largest absolute Gasteiger partial charge is 0.463 e. The maximum absolute atomic E-state index is 11.6. The molecule has 21 heavy (non-hydrogen) atoms. The second kappa shape index (κ2) is 8.97. The molecule has 0 heterocycles. The molecule has 0 aliphatic rings. The molecule has 0 saturated heterocycles. The Hall–Kier alpha value is -2.08. The fourth-order valence-electron chi connectivity index (χ4n) is 1.45. The molecule has 0 spiro atoms. The van der Waals surface area contributed by atoms with E-state index in [1.165, 1.54) is 0 Å². The number of esters is 1. The summed E-state index contributed by atoms with van der Waals surface area (Å²) >= 11 is 0. The molecule has 0 aromatic heterocycles. The molecular weight excluding hydrogens is 272 g/mol. The van der Waals surface area contributed by atoms with E-state index in [1.54, 1.807) is 6.92 Å². The first-order chi connectivity index (χ1) is 9.99. The lowest BCUT2D eigenvalue weighted by atomic mass is 10.2. The highest BCUT2D eigenvalue weighted by molar-refractivity contribution is 5.80. The van der Waals surface area contributed by atoms with Gasteiger partial charge in [-0.25, -0.2) is 9.59 Å². The minimum Gasteiger partial charge on any atom is -0.463 e. The van der Waals surface area contributed by atoms with Crippen LogP contribution in [0.25, 0.3) is 0 Å². The minimum absolute atomic E-state index is 0.162. The molecule has 1 aromatic rings. The van der Waals surface area contributed by atoms with Crippen molar-refractivity contribution < 1.29 is 19.1 Å². The number of nitrogens with zero attached hydrogens (tertiary/aromatic N) is 1. The summed E-state index contributed by atoms with van der Waals surface area (Å²) in [4.78, 5) is 25.1. The van der Waals surface area contributed by atoms with Gasteiger partial charge in [-0.05, 0) is 26.6 Å². The summed E-state index contributed by atoms with van der Waals surface area (Å²) in [5, 5.41) is 2.44. The van der Waals surface area contributed by atoms with E-state index in [4.69, 9.17) is 9.47 Å². The van der Waals surface area contributed by atoms with Gasteiger partial charge in [0, 0.05) is 6.54 Å². The number of benzene rings is 1. The Balaban J connectivity index is 2.25. The van der Waals surface area contributed by atoms with E-state index in [-0.39, 0.29) is 13.2 Å². The van der Waals surface area contributed by atoms with Crippen LogP contribution in [0.2, 0.25) is 0 Å². The average molecular weight is 294 g/mol. The van der Waals surface area contributed by atoms with Gasteiger partial charge in [0.2, 0.25) is 0 Å². The number of alkyl carbamates (subject to hydrolysis) is 1. The second-order valence-electron chi connectivity index (χ2n) is 4.90. The van der Waals surface area contributed by atoms with Crippen LogP contribution < -0.4 is 5.32 Å². The lowest BCUT2D eigenvalue weighted by molar-refractivity contribution is -0.145. The van der Waals surface area contributed by atoms with E-state index < -0.39 is 18.1 Å². The minimum atomic E-state index is -0.740. The highest BCUT2D eigenvalue weighted by Gasteiger charge is 2.17. The standard InChI is InChI=1S/C15H22N2O4/c1-12(14(18)20-10-9-17(2)3)16-15(19)21-11-13-7-5-4-6-8-13/h4-8,12H,9-11H2,1-3H3,(H,16,19). The van der Waals surface area contributed by atoms with E-state index in [9.17, 15) is 9.59 Å². The number of ether oxygens (including phenoxy) is 2. The highest BCUT2D eigenvalue weighted by atomic mass is 16.6. The maximum atomic E-state index is 11.6. The van der Waals surface area contributed by atoms with Crippen molar-refractivity contribution in [3.63, 3.8) is 0 Å². The van der Waals surface area contributed by atoms with Crippen molar-refractivity contribution >= 4 is 12.1 Å². The Morgan fingerprint density at radius 3 is 2.48 bits per heavy atom. The van der Waals surface area contributed by atoms with Gasteiger partial charge < -0.3 is 19.7 Å². The SMILES string of the molecule is CC(NC(=O)OCc1ccccc1)C(=O)OCCN(C)C. The van der Waals surface area contributed by atoms with Crippen molar-refractivity contribution in [3.05, 3.63) is 35.9 Å². The van der Waals surface area contributed by atoms with E-state index in [2.05, 4.69) is 5.32 Å². The van der Waals surface area contributed by atoms with Crippen LogP contribution in [0.4, 0.5) is 4.79 Å². The van der Waals surface area contributed by atoms with Crippen molar-refractivity contribution in [2.75, 3.05) is 27.2 Å². The van der Waals surface area contributed by atoms with Gasteiger partial charge in [-0.3, -0.25) is 0 Å². The van der Waals surface area contributed by atoms with Gasteiger partial charge in [0.25, 0.3) is 0 Å². The zero-order valence-corrected chi connectivity index (χ0v) is 12.7. The number of hydrogen-bond acceptors (Lipinski definition) is 5. The fourth-order valence-corrected chi connectivity index (χ4v) is 1.45. The van der Waals surface area contributed by atoms with Crippen LogP contribution in [0.5, 0.6) is 0 Å². The van der Waals surface area contributed by atoms with Gasteiger partial charge in [-0.1, -0.05) is 30.3 Å². The summed E-state index contributed by atoms with van der Waals surface area (Å²) in [6.45, 7) is 2.64. The number of rotatable bonds is 7. The molecule has 0 bridgehead atoms. The first-order valence-electron chi connectivity index (χ1n) is 6.77. The second-order valence-corrected chi connectivity index (χ2v) is 4.90. The van der Waals surface area contributed by atoms with E-state index in [1.807, 2.05) is 49.3 Å². The molecule has 0 radical (unpaired) electrons. The molecule has 6 nitrogen and oxygen atoms in total. The summed E-state index contributed by atoms with van der Waals surface area (Å²) in [6.07, 6.45) is -0.643. The summed E-state index contributed by atoms with van der Waals surface area (Å²) < 4.78 is 10.1. The predicted octanol–water partition coefficient (Wildman–Crippen LogP) is 1.41. The third kappa shape index (κ3) is 7.31. The number of hydrogen-bond donors (Lipinski definition) is 1. The van der Waals surface area contributed by atoms with Gasteiger partial charge in [0.1, 0.15) is 19.3 Å². The highest BCUT2D eigenvalue weighted by Crippen LogP contribution is 2.01. The third-order valence-electron chi connectivity index (χ3n) is 2.68. The van der Waals surface area contributed by atoms with Crippen molar-refractivity contribution in [3.8, 4) is 0 Å². The Morgan fingerprint density at radius 1 is 1.19 bits per heavy atom.